The highest BCUT2D eigenvalue weighted by atomic mass is 16.6. The van der Waals surface area contributed by atoms with E-state index in [1.165, 1.54) is 24.3 Å². The Morgan fingerprint density at radius 1 is 1.44 bits per heavy atom. The van der Waals surface area contributed by atoms with Crippen molar-refractivity contribution < 1.29 is 14.8 Å². The first-order chi connectivity index (χ1) is 7.54. The van der Waals surface area contributed by atoms with Gasteiger partial charge in [0.05, 0.1) is 16.8 Å². The van der Waals surface area contributed by atoms with Crippen molar-refractivity contribution in [2.24, 2.45) is 5.29 Å². The molecule has 0 bridgehead atoms. The number of carboxylic acid groups (broad SMARTS) is 1. The lowest BCUT2D eigenvalue weighted by molar-refractivity contribution is -0.384. The van der Waals surface area contributed by atoms with Crippen molar-refractivity contribution in [3.63, 3.8) is 0 Å². The summed E-state index contributed by atoms with van der Waals surface area (Å²) < 4.78 is 0. The lowest BCUT2D eigenvalue weighted by Crippen LogP contribution is -2.22. The summed E-state index contributed by atoms with van der Waals surface area (Å²) in [4.78, 5) is 30.3. The van der Waals surface area contributed by atoms with Crippen LogP contribution in [-0.4, -0.2) is 21.1 Å². The Bertz CT molecular complexity index is 416. The van der Waals surface area contributed by atoms with Gasteiger partial charge in [-0.05, 0) is 5.56 Å². The highest BCUT2D eigenvalue weighted by Crippen LogP contribution is 2.13. The fraction of sp³-hybridized carbons (Fsp3) is 0.125. The number of amides is 1. The summed E-state index contributed by atoms with van der Waals surface area (Å²) in [7, 11) is 0. The van der Waals surface area contributed by atoms with E-state index in [1.807, 2.05) is 0 Å². The van der Waals surface area contributed by atoms with Gasteiger partial charge in [0.15, 0.2) is 0 Å². The van der Waals surface area contributed by atoms with E-state index in [-0.39, 0.29) is 12.2 Å². The van der Waals surface area contributed by atoms with Crippen LogP contribution in [0.15, 0.2) is 29.6 Å². The maximum absolute atomic E-state index is 10.4. The minimum absolute atomic E-state index is 0.107. The molecule has 0 atom stereocenters. The third kappa shape index (κ3) is 2.74. The molecule has 1 aromatic rings. The van der Waals surface area contributed by atoms with Gasteiger partial charge in [-0.25, -0.2) is 4.79 Å². The third-order valence-corrected chi connectivity index (χ3v) is 1.80. The van der Waals surface area contributed by atoms with E-state index in [4.69, 9.17) is 5.11 Å². The maximum atomic E-state index is 10.4. The normalized spacial score (nSPS) is 9.50. The van der Waals surface area contributed by atoms with Crippen LogP contribution in [0.5, 0.6) is 0 Å². The Balaban J connectivity index is 2.78. The molecular weight excluding hydrogens is 218 g/mol. The van der Waals surface area contributed by atoms with Crippen molar-refractivity contribution in [1.82, 2.24) is 5.01 Å². The highest BCUT2D eigenvalue weighted by Gasteiger charge is 2.13. The van der Waals surface area contributed by atoms with Crippen LogP contribution in [0.1, 0.15) is 5.56 Å². The van der Waals surface area contributed by atoms with Gasteiger partial charge in [0, 0.05) is 12.1 Å². The molecule has 8 heteroatoms. The average molecular weight is 225 g/mol. The summed E-state index contributed by atoms with van der Waals surface area (Å²) in [5, 5.41) is 21.4. The van der Waals surface area contributed by atoms with Crippen molar-refractivity contribution in [2.75, 3.05) is 0 Å². The number of carbonyl (C=O) groups is 1. The maximum Gasteiger partial charge on any atom is 0.430 e. The van der Waals surface area contributed by atoms with Gasteiger partial charge < -0.3 is 5.11 Å². The Morgan fingerprint density at radius 3 is 2.38 bits per heavy atom. The van der Waals surface area contributed by atoms with Crippen LogP contribution in [0.2, 0.25) is 0 Å². The van der Waals surface area contributed by atoms with Gasteiger partial charge >= 0.3 is 6.09 Å². The number of hydrogen-bond donors (Lipinski definition) is 1. The fourth-order valence-electron chi connectivity index (χ4n) is 1.03. The predicted molar refractivity (Wildman–Crippen MR) is 52.5 cm³/mol. The SMILES string of the molecule is O=NN(Cc1ccc([N+](=O)[O-])cc1)C(=O)O. The van der Waals surface area contributed by atoms with Crippen molar-refractivity contribution in [3.05, 3.63) is 44.9 Å². The first kappa shape index (κ1) is 11.6. The summed E-state index contributed by atoms with van der Waals surface area (Å²) in [5.74, 6) is 0. The van der Waals surface area contributed by atoms with Crippen LogP contribution in [0.3, 0.4) is 0 Å². The molecule has 0 aliphatic heterocycles. The molecule has 16 heavy (non-hydrogen) atoms. The number of hydrogen-bond acceptors (Lipinski definition) is 5. The quantitative estimate of drug-likeness (QED) is 0.476. The molecule has 1 rings (SSSR count). The summed E-state index contributed by atoms with van der Waals surface area (Å²) in [6, 6.07) is 5.17. The molecule has 0 unspecified atom stereocenters. The molecule has 0 aliphatic carbocycles. The van der Waals surface area contributed by atoms with Crippen LogP contribution in [-0.2, 0) is 6.54 Å². The summed E-state index contributed by atoms with van der Waals surface area (Å²) in [5.41, 5.74) is 0.331. The molecule has 8 nitrogen and oxygen atoms in total. The van der Waals surface area contributed by atoms with Gasteiger partial charge in [0.1, 0.15) is 0 Å². The Kier molecular flexibility index (Phi) is 3.49. The monoisotopic (exact) mass is 225 g/mol. The number of non-ortho nitro benzene ring substituents is 1. The van der Waals surface area contributed by atoms with E-state index in [1.54, 1.807) is 0 Å². The summed E-state index contributed by atoms with van der Waals surface area (Å²) in [6.07, 6.45) is -1.48. The zero-order valence-corrected chi connectivity index (χ0v) is 7.94. The minimum Gasteiger partial charge on any atom is -0.464 e. The molecule has 0 saturated heterocycles. The smallest absolute Gasteiger partial charge is 0.430 e. The van der Waals surface area contributed by atoms with Crippen LogP contribution in [0.4, 0.5) is 10.5 Å². The molecule has 0 radical (unpaired) electrons. The van der Waals surface area contributed by atoms with Crippen LogP contribution < -0.4 is 0 Å². The average Bonchev–Trinajstić information content (AvgIpc) is 2.26. The number of nitro benzene ring substituents is 1. The molecule has 0 spiro atoms. The highest BCUT2D eigenvalue weighted by molar-refractivity contribution is 5.64. The lowest BCUT2D eigenvalue weighted by atomic mass is 10.2. The van der Waals surface area contributed by atoms with Gasteiger partial charge in [0.2, 0.25) is 0 Å². The Morgan fingerprint density at radius 2 is 2.00 bits per heavy atom. The van der Waals surface area contributed by atoms with Gasteiger partial charge in [-0.2, -0.15) is 5.01 Å². The number of benzene rings is 1. The van der Waals surface area contributed by atoms with Crippen LogP contribution in [0, 0.1) is 15.0 Å². The van der Waals surface area contributed by atoms with Gasteiger partial charge in [-0.15, -0.1) is 4.91 Å². The van der Waals surface area contributed by atoms with Crippen molar-refractivity contribution in [1.29, 1.82) is 0 Å². The molecule has 1 amide bonds. The number of rotatable bonds is 4. The van der Waals surface area contributed by atoms with Gasteiger partial charge in [-0.3, -0.25) is 10.1 Å². The number of nitro groups is 1. The minimum atomic E-state index is -1.48. The predicted octanol–water partition coefficient (Wildman–Crippen LogP) is 1.76. The molecule has 0 saturated carbocycles. The summed E-state index contributed by atoms with van der Waals surface area (Å²) in [6.45, 7) is -0.239. The number of nitroso groups, excluding NO2 is 1. The van der Waals surface area contributed by atoms with E-state index in [9.17, 15) is 19.8 Å². The molecule has 0 heterocycles. The van der Waals surface area contributed by atoms with Crippen LogP contribution in [0.25, 0.3) is 0 Å². The molecule has 0 aliphatic rings. The first-order valence-electron chi connectivity index (χ1n) is 4.11. The largest absolute Gasteiger partial charge is 0.464 e. The second-order valence-corrected chi connectivity index (χ2v) is 2.85. The first-order valence-corrected chi connectivity index (χ1v) is 4.11. The van der Waals surface area contributed by atoms with E-state index < -0.39 is 11.0 Å². The standard InChI is InChI=1S/C8H7N3O5/c12-8(13)10(9-14)5-6-1-3-7(4-2-6)11(15)16/h1-4H,5H2,(H,12,13). The van der Waals surface area contributed by atoms with Crippen molar-refractivity contribution in [3.8, 4) is 0 Å². The van der Waals surface area contributed by atoms with E-state index in [0.29, 0.717) is 10.6 Å². The third-order valence-electron chi connectivity index (χ3n) is 1.80. The molecule has 0 fully saturated rings. The second-order valence-electron chi connectivity index (χ2n) is 2.85. The molecule has 84 valence electrons. The Hall–Kier alpha value is -2.51. The lowest BCUT2D eigenvalue weighted by Gasteiger charge is -2.08. The second kappa shape index (κ2) is 4.82. The van der Waals surface area contributed by atoms with Crippen molar-refractivity contribution >= 4 is 11.8 Å². The number of nitrogens with zero attached hydrogens (tertiary/aromatic N) is 3. The molecule has 1 N–H and O–H groups in total. The van der Waals surface area contributed by atoms with Crippen molar-refractivity contribution in [2.45, 2.75) is 6.54 Å². The van der Waals surface area contributed by atoms with E-state index in [2.05, 4.69) is 5.29 Å². The fourth-order valence-corrected chi connectivity index (χ4v) is 1.03. The molecular formula is C8H7N3O5. The van der Waals surface area contributed by atoms with Crippen LogP contribution >= 0.6 is 0 Å². The van der Waals surface area contributed by atoms with Gasteiger partial charge in [-0.1, -0.05) is 12.1 Å². The molecule has 0 aromatic heterocycles. The zero-order chi connectivity index (χ0) is 12.1. The summed E-state index contributed by atoms with van der Waals surface area (Å²) >= 11 is 0. The topological polar surface area (TPSA) is 113 Å². The zero-order valence-electron chi connectivity index (χ0n) is 7.94. The van der Waals surface area contributed by atoms with E-state index in [0.717, 1.165) is 0 Å². The van der Waals surface area contributed by atoms with Gasteiger partial charge in [0.25, 0.3) is 5.69 Å². The molecule has 1 aromatic carbocycles. The Labute approximate surface area is 89.2 Å². The van der Waals surface area contributed by atoms with E-state index >= 15 is 0 Å².